The fraction of sp³-hybridized carbons (Fsp3) is 0.385. The van der Waals surface area contributed by atoms with Gasteiger partial charge in [-0.1, -0.05) is 29.8 Å². The molecule has 2 unspecified atom stereocenters. The molecule has 0 saturated heterocycles. The molecule has 1 N–H and O–H groups in total. The van der Waals surface area contributed by atoms with Gasteiger partial charge in [0.1, 0.15) is 5.75 Å². The highest BCUT2D eigenvalue weighted by molar-refractivity contribution is 7.87. The molecule has 0 aliphatic carbocycles. The monoisotopic (exact) mass is 267 g/mol. The number of rotatable bonds is 5. The molecule has 18 heavy (non-hydrogen) atoms. The van der Waals surface area contributed by atoms with Crippen LogP contribution in [0, 0.1) is 6.92 Å². The molecule has 2 atom stereocenters. The van der Waals surface area contributed by atoms with Gasteiger partial charge in [0.05, 0.1) is 5.25 Å². The van der Waals surface area contributed by atoms with E-state index >= 15 is 0 Å². The van der Waals surface area contributed by atoms with Gasteiger partial charge in [-0.2, -0.15) is 0 Å². The minimum Gasteiger partial charge on any atom is -0.358 e. The lowest BCUT2D eigenvalue weighted by Crippen LogP contribution is -2.31. The van der Waals surface area contributed by atoms with Crippen molar-refractivity contribution in [2.75, 3.05) is 12.8 Å². The lowest BCUT2D eigenvalue weighted by Gasteiger charge is -2.10. The Balaban J connectivity index is 2.74. The van der Waals surface area contributed by atoms with E-state index in [1.165, 1.54) is 7.05 Å². The molecule has 0 fully saturated rings. The quantitative estimate of drug-likeness (QED) is 0.811. The third kappa shape index (κ3) is 3.77. The van der Waals surface area contributed by atoms with Crippen LogP contribution in [-0.2, 0) is 15.6 Å². The minimum absolute atomic E-state index is 0.144. The zero-order chi connectivity index (χ0) is 13.7. The lowest BCUT2D eigenvalue weighted by atomic mass is 10.1. The normalized spacial score (nSPS) is 13.7. The van der Waals surface area contributed by atoms with Crippen molar-refractivity contribution in [2.45, 2.75) is 19.1 Å². The van der Waals surface area contributed by atoms with Crippen LogP contribution in [0.25, 0.3) is 0 Å². The highest BCUT2D eigenvalue weighted by Gasteiger charge is 2.22. The highest BCUT2D eigenvalue weighted by Crippen LogP contribution is 2.10. The largest absolute Gasteiger partial charge is 0.358 e. The van der Waals surface area contributed by atoms with Gasteiger partial charge in [0.15, 0.2) is 5.78 Å². The number of carbonyl (C=O) groups excluding carboxylic acids is 2. The van der Waals surface area contributed by atoms with Crippen molar-refractivity contribution in [1.29, 1.82) is 0 Å². The van der Waals surface area contributed by atoms with Crippen molar-refractivity contribution in [3.63, 3.8) is 0 Å². The van der Waals surface area contributed by atoms with Crippen molar-refractivity contribution in [1.82, 2.24) is 5.32 Å². The first-order chi connectivity index (χ1) is 8.45. The number of hydrogen-bond donors (Lipinski definition) is 1. The van der Waals surface area contributed by atoms with E-state index in [4.69, 9.17) is 0 Å². The third-order valence-corrected chi connectivity index (χ3v) is 4.20. The number of amides is 1. The summed E-state index contributed by atoms with van der Waals surface area (Å²) >= 11 is 0. The van der Waals surface area contributed by atoms with E-state index in [0.717, 1.165) is 5.56 Å². The van der Waals surface area contributed by atoms with Crippen molar-refractivity contribution in [3.05, 3.63) is 35.4 Å². The molecular formula is C13H17NO3S. The zero-order valence-electron chi connectivity index (χ0n) is 10.7. The number of ketones is 1. The number of aryl methyl sites for hydroxylation is 1. The standard InChI is InChI=1S/C13H17NO3S/c1-9-4-6-11(7-5-9)13(16)10(2)18(17)8-12(15)14-3/h4-7,10H,8H2,1-3H3,(H,14,15). The van der Waals surface area contributed by atoms with Crippen molar-refractivity contribution in [3.8, 4) is 0 Å². The Bertz CT molecular complexity index is 468. The number of carbonyl (C=O) groups is 2. The summed E-state index contributed by atoms with van der Waals surface area (Å²) in [5.74, 6) is -0.663. The second kappa shape index (κ2) is 6.44. The smallest absolute Gasteiger partial charge is 0.232 e. The second-order valence-corrected chi connectivity index (χ2v) is 5.83. The second-order valence-electron chi connectivity index (χ2n) is 4.07. The van der Waals surface area contributed by atoms with Crippen LogP contribution >= 0.6 is 0 Å². The third-order valence-electron chi connectivity index (χ3n) is 2.65. The summed E-state index contributed by atoms with van der Waals surface area (Å²) in [7, 11) is -0.0141. The fourth-order valence-electron chi connectivity index (χ4n) is 1.40. The molecule has 5 heteroatoms. The van der Waals surface area contributed by atoms with Crippen LogP contribution < -0.4 is 5.32 Å². The van der Waals surface area contributed by atoms with Gasteiger partial charge in [0, 0.05) is 23.4 Å². The van der Waals surface area contributed by atoms with E-state index in [-0.39, 0.29) is 17.4 Å². The summed E-state index contributed by atoms with van der Waals surface area (Å²) in [6.45, 7) is 3.52. The predicted octanol–water partition coefficient (Wildman–Crippen LogP) is 1.06. The maximum absolute atomic E-state index is 12.0. The van der Waals surface area contributed by atoms with Crippen molar-refractivity contribution >= 4 is 22.5 Å². The molecule has 98 valence electrons. The summed E-state index contributed by atoms with van der Waals surface area (Å²) in [4.78, 5) is 23.2. The Morgan fingerprint density at radius 1 is 1.28 bits per heavy atom. The van der Waals surface area contributed by atoms with Crippen LogP contribution in [0.3, 0.4) is 0 Å². The number of benzene rings is 1. The van der Waals surface area contributed by atoms with E-state index in [2.05, 4.69) is 5.32 Å². The fourth-order valence-corrected chi connectivity index (χ4v) is 2.43. The Kier molecular flexibility index (Phi) is 5.22. The lowest BCUT2D eigenvalue weighted by molar-refractivity contribution is -0.118. The number of Topliss-reactive ketones (excluding diaryl/α,β-unsaturated/α-hetero) is 1. The predicted molar refractivity (Wildman–Crippen MR) is 72.0 cm³/mol. The van der Waals surface area contributed by atoms with E-state index in [1.807, 2.05) is 19.1 Å². The SMILES string of the molecule is CNC(=O)CS(=O)C(C)C(=O)c1ccc(C)cc1. The molecule has 1 aromatic carbocycles. The van der Waals surface area contributed by atoms with E-state index in [1.54, 1.807) is 19.1 Å². The molecule has 4 nitrogen and oxygen atoms in total. The van der Waals surface area contributed by atoms with E-state index < -0.39 is 16.0 Å². The Morgan fingerprint density at radius 3 is 2.33 bits per heavy atom. The summed E-state index contributed by atoms with van der Waals surface area (Å²) in [6.07, 6.45) is 0. The molecule has 0 aliphatic rings. The summed E-state index contributed by atoms with van der Waals surface area (Å²) < 4.78 is 11.8. The summed E-state index contributed by atoms with van der Waals surface area (Å²) in [5, 5.41) is 1.72. The van der Waals surface area contributed by atoms with Crippen LogP contribution in [0.4, 0.5) is 0 Å². The van der Waals surface area contributed by atoms with Gasteiger partial charge < -0.3 is 5.32 Å². The molecule has 1 rings (SSSR count). The first-order valence-electron chi connectivity index (χ1n) is 5.64. The molecule has 1 amide bonds. The first kappa shape index (κ1) is 14.6. The highest BCUT2D eigenvalue weighted by atomic mass is 32.2. The van der Waals surface area contributed by atoms with Gasteiger partial charge in [-0.05, 0) is 13.8 Å². The van der Waals surface area contributed by atoms with Gasteiger partial charge in [-0.3, -0.25) is 13.8 Å². The van der Waals surface area contributed by atoms with Crippen LogP contribution in [0.1, 0.15) is 22.8 Å². The molecule has 0 spiro atoms. The molecular weight excluding hydrogens is 250 g/mol. The maximum atomic E-state index is 12.0. The van der Waals surface area contributed by atoms with Gasteiger partial charge in [-0.25, -0.2) is 0 Å². The molecule has 0 heterocycles. The van der Waals surface area contributed by atoms with Crippen LogP contribution in [0.15, 0.2) is 24.3 Å². The Morgan fingerprint density at radius 2 is 1.83 bits per heavy atom. The number of hydrogen-bond acceptors (Lipinski definition) is 3. The molecule has 0 radical (unpaired) electrons. The van der Waals surface area contributed by atoms with Crippen molar-refractivity contribution < 1.29 is 13.8 Å². The van der Waals surface area contributed by atoms with Gasteiger partial charge in [0.25, 0.3) is 0 Å². The Hall–Kier alpha value is -1.49. The molecule has 0 bridgehead atoms. The maximum Gasteiger partial charge on any atom is 0.232 e. The molecule has 0 aromatic heterocycles. The van der Waals surface area contributed by atoms with Gasteiger partial charge >= 0.3 is 0 Å². The van der Waals surface area contributed by atoms with Crippen LogP contribution in [0.5, 0.6) is 0 Å². The molecule has 0 saturated carbocycles. The summed E-state index contributed by atoms with van der Waals surface area (Å²) in [5.41, 5.74) is 1.59. The molecule has 0 aliphatic heterocycles. The average Bonchev–Trinajstić information content (AvgIpc) is 2.37. The van der Waals surface area contributed by atoms with Crippen LogP contribution in [0.2, 0.25) is 0 Å². The van der Waals surface area contributed by atoms with Crippen LogP contribution in [-0.4, -0.2) is 33.9 Å². The minimum atomic E-state index is -1.49. The topological polar surface area (TPSA) is 63.2 Å². The Labute approximate surface area is 109 Å². The average molecular weight is 267 g/mol. The van der Waals surface area contributed by atoms with E-state index in [0.29, 0.717) is 5.56 Å². The summed E-state index contributed by atoms with van der Waals surface area (Å²) in [6, 6.07) is 7.10. The zero-order valence-corrected chi connectivity index (χ0v) is 11.5. The van der Waals surface area contributed by atoms with Crippen molar-refractivity contribution in [2.24, 2.45) is 0 Å². The van der Waals surface area contributed by atoms with Gasteiger partial charge in [0.2, 0.25) is 5.91 Å². The number of nitrogens with one attached hydrogen (secondary N) is 1. The van der Waals surface area contributed by atoms with E-state index in [9.17, 15) is 13.8 Å². The first-order valence-corrected chi connectivity index (χ1v) is 7.02. The molecule has 1 aromatic rings. The van der Waals surface area contributed by atoms with Gasteiger partial charge in [-0.15, -0.1) is 0 Å².